The maximum absolute atomic E-state index is 13.7. The minimum Gasteiger partial charge on any atom is -0.465 e. The smallest absolute Gasteiger partial charge is 0.243 e. The van der Waals surface area contributed by atoms with Crippen LogP contribution in [0.1, 0.15) is 48.5 Å². The van der Waals surface area contributed by atoms with Gasteiger partial charge in [-0.3, -0.25) is 9.59 Å². The van der Waals surface area contributed by atoms with Crippen molar-refractivity contribution in [2.45, 2.75) is 50.6 Å². The number of rotatable bonds is 8. The lowest BCUT2D eigenvalue weighted by molar-refractivity contribution is -0.122. The maximum atomic E-state index is 13.7. The molecule has 0 unspecified atom stereocenters. The highest BCUT2D eigenvalue weighted by atomic mass is 32.2. The van der Waals surface area contributed by atoms with Gasteiger partial charge in [0.15, 0.2) is 0 Å². The first-order valence-corrected chi connectivity index (χ1v) is 13.0. The largest absolute Gasteiger partial charge is 0.465 e. The van der Waals surface area contributed by atoms with Gasteiger partial charge in [0.2, 0.25) is 21.8 Å². The number of nitrogens with one attached hydrogen (secondary N) is 2. The number of amides is 2. The SMILES string of the molecule is CCC(=O)Nc1ccc(S(=O)(=O)N2CCc3ccccc3[C@@H]2CC(=O)NCc2ccc(C)o2)cc1. The van der Waals surface area contributed by atoms with Crippen LogP contribution in [0, 0.1) is 6.92 Å². The van der Waals surface area contributed by atoms with Gasteiger partial charge in [0.05, 0.1) is 17.5 Å². The Kier molecular flexibility index (Phi) is 7.37. The van der Waals surface area contributed by atoms with E-state index >= 15 is 0 Å². The summed E-state index contributed by atoms with van der Waals surface area (Å²) in [5, 5.41) is 5.56. The second-order valence-corrected chi connectivity index (χ2v) is 10.4. The number of fused-ring (bicyclic) bond motifs is 1. The summed E-state index contributed by atoms with van der Waals surface area (Å²) < 4.78 is 34.2. The van der Waals surface area contributed by atoms with Gasteiger partial charge in [-0.15, -0.1) is 0 Å². The van der Waals surface area contributed by atoms with E-state index < -0.39 is 16.1 Å². The molecule has 2 N–H and O–H groups in total. The van der Waals surface area contributed by atoms with Crippen molar-refractivity contribution in [1.82, 2.24) is 9.62 Å². The quantitative estimate of drug-likeness (QED) is 0.492. The van der Waals surface area contributed by atoms with Crippen molar-refractivity contribution >= 4 is 27.5 Å². The highest BCUT2D eigenvalue weighted by Gasteiger charge is 2.37. The molecule has 2 amide bonds. The Balaban J connectivity index is 1.57. The lowest BCUT2D eigenvalue weighted by atomic mass is 9.92. The molecule has 1 aromatic heterocycles. The number of hydrogen-bond acceptors (Lipinski definition) is 5. The zero-order chi connectivity index (χ0) is 25.0. The van der Waals surface area contributed by atoms with Crippen LogP contribution in [0.4, 0.5) is 5.69 Å². The van der Waals surface area contributed by atoms with Gasteiger partial charge in [0, 0.05) is 25.1 Å². The number of nitrogens with zero attached hydrogens (tertiary/aromatic N) is 1. The minimum atomic E-state index is -3.89. The first-order valence-electron chi connectivity index (χ1n) is 11.6. The van der Waals surface area contributed by atoms with Crippen LogP contribution in [-0.4, -0.2) is 31.1 Å². The molecule has 0 spiro atoms. The Hall–Kier alpha value is -3.43. The molecule has 1 aliphatic heterocycles. The highest BCUT2D eigenvalue weighted by Crippen LogP contribution is 2.36. The van der Waals surface area contributed by atoms with Gasteiger partial charge >= 0.3 is 0 Å². The minimum absolute atomic E-state index is 0.0133. The molecule has 4 rings (SSSR count). The van der Waals surface area contributed by atoms with E-state index in [0.29, 0.717) is 24.3 Å². The third kappa shape index (κ3) is 5.63. The van der Waals surface area contributed by atoms with Gasteiger partial charge < -0.3 is 15.1 Å². The first kappa shape index (κ1) is 24.7. The second-order valence-electron chi connectivity index (χ2n) is 8.50. The van der Waals surface area contributed by atoms with E-state index in [1.54, 1.807) is 25.1 Å². The average molecular weight is 496 g/mol. The molecule has 0 saturated carbocycles. The van der Waals surface area contributed by atoms with Crippen LogP contribution in [0.3, 0.4) is 0 Å². The van der Waals surface area contributed by atoms with Gasteiger partial charge in [-0.2, -0.15) is 4.31 Å². The Labute approximate surface area is 205 Å². The predicted octanol–water partition coefficient (Wildman–Crippen LogP) is 3.93. The van der Waals surface area contributed by atoms with E-state index in [4.69, 9.17) is 4.42 Å². The molecular weight excluding hydrogens is 466 g/mol. The molecule has 3 aromatic rings. The molecule has 2 aromatic carbocycles. The molecule has 0 fully saturated rings. The highest BCUT2D eigenvalue weighted by molar-refractivity contribution is 7.89. The van der Waals surface area contributed by atoms with Crippen molar-refractivity contribution in [3.05, 3.63) is 83.3 Å². The van der Waals surface area contributed by atoms with E-state index in [1.807, 2.05) is 37.3 Å². The Morgan fingerprint density at radius 1 is 1.03 bits per heavy atom. The number of sulfonamides is 1. The molecule has 1 aliphatic rings. The monoisotopic (exact) mass is 495 g/mol. The Morgan fingerprint density at radius 2 is 1.77 bits per heavy atom. The molecular formula is C26H29N3O5S. The van der Waals surface area contributed by atoms with Crippen LogP contribution >= 0.6 is 0 Å². The molecule has 1 atom stereocenters. The number of hydrogen-bond donors (Lipinski definition) is 2. The van der Waals surface area contributed by atoms with Crippen LogP contribution in [0.5, 0.6) is 0 Å². The number of benzene rings is 2. The summed E-state index contributed by atoms with van der Waals surface area (Å²) >= 11 is 0. The third-order valence-electron chi connectivity index (χ3n) is 6.06. The van der Waals surface area contributed by atoms with Crippen molar-refractivity contribution in [3.8, 4) is 0 Å². The van der Waals surface area contributed by atoms with E-state index in [0.717, 1.165) is 16.9 Å². The molecule has 8 nitrogen and oxygen atoms in total. The molecule has 2 heterocycles. The van der Waals surface area contributed by atoms with Crippen LogP contribution < -0.4 is 10.6 Å². The van der Waals surface area contributed by atoms with Crippen LogP contribution in [0.15, 0.2) is 70.0 Å². The number of anilines is 1. The number of carbonyl (C=O) groups excluding carboxylic acids is 2. The normalized spacial score (nSPS) is 15.9. The molecule has 0 aliphatic carbocycles. The lowest BCUT2D eigenvalue weighted by Crippen LogP contribution is -2.42. The topological polar surface area (TPSA) is 109 Å². The summed E-state index contributed by atoms with van der Waals surface area (Å²) in [6.45, 7) is 4.08. The Bertz CT molecular complexity index is 1310. The zero-order valence-corrected chi connectivity index (χ0v) is 20.6. The predicted molar refractivity (Wildman–Crippen MR) is 132 cm³/mol. The van der Waals surface area contributed by atoms with Crippen molar-refractivity contribution in [2.24, 2.45) is 0 Å². The van der Waals surface area contributed by atoms with Gasteiger partial charge in [-0.1, -0.05) is 31.2 Å². The molecule has 0 saturated heterocycles. The van der Waals surface area contributed by atoms with Crippen LogP contribution in [0.2, 0.25) is 0 Å². The van der Waals surface area contributed by atoms with E-state index in [2.05, 4.69) is 10.6 Å². The number of furan rings is 1. The Morgan fingerprint density at radius 3 is 2.46 bits per heavy atom. The average Bonchev–Trinajstić information content (AvgIpc) is 3.28. The van der Waals surface area contributed by atoms with Crippen molar-refractivity contribution in [1.29, 1.82) is 0 Å². The summed E-state index contributed by atoms with van der Waals surface area (Å²) in [5.74, 6) is 0.982. The second kappa shape index (κ2) is 10.5. The number of aryl methyl sites for hydroxylation is 1. The summed E-state index contributed by atoms with van der Waals surface area (Å²) in [6.07, 6.45) is 0.876. The number of carbonyl (C=O) groups is 2. The molecule has 0 bridgehead atoms. The fourth-order valence-corrected chi connectivity index (χ4v) is 5.84. The van der Waals surface area contributed by atoms with Gasteiger partial charge in [0.25, 0.3) is 0 Å². The first-order chi connectivity index (χ1) is 16.8. The molecule has 9 heteroatoms. The third-order valence-corrected chi connectivity index (χ3v) is 7.99. The van der Waals surface area contributed by atoms with Crippen molar-refractivity contribution in [2.75, 3.05) is 11.9 Å². The fraction of sp³-hybridized carbons (Fsp3) is 0.308. The van der Waals surface area contributed by atoms with Crippen LogP contribution in [0.25, 0.3) is 0 Å². The summed E-state index contributed by atoms with van der Waals surface area (Å²) in [7, 11) is -3.89. The lowest BCUT2D eigenvalue weighted by Gasteiger charge is -2.36. The van der Waals surface area contributed by atoms with Crippen molar-refractivity contribution in [3.63, 3.8) is 0 Å². The van der Waals surface area contributed by atoms with Gasteiger partial charge in [0.1, 0.15) is 11.5 Å². The fourth-order valence-electron chi connectivity index (χ4n) is 4.24. The molecule has 0 radical (unpaired) electrons. The van der Waals surface area contributed by atoms with E-state index in [-0.39, 0.29) is 36.2 Å². The summed E-state index contributed by atoms with van der Waals surface area (Å²) in [4.78, 5) is 24.6. The van der Waals surface area contributed by atoms with Gasteiger partial charge in [-0.25, -0.2) is 8.42 Å². The standard InChI is InChI=1S/C26H29N3O5S/c1-3-25(30)28-20-9-12-22(13-10-20)35(32,33)29-15-14-19-6-4-5-7-23(19)24(29)16-26(31)27-17-21-11-8-18(2)34-21/h4-13,24H,3,14-17H2,1-2H3,(H,27,31)(H,28,30)/t24-/m0/s1. The molecule has 35 heavy (non-hydrogen) atoms. The zero-order valence-electron chi connectivity index (χ0n) is 19.8. The van der Waals surface area contributed by atoms with Crippen molar-refractivity contribution < 1.29 is 22.4 Å². The van der Waals surface area contributed by atoms with Gasteiger partial charge in [-0.05, 0) is 60.9 Å². The maximum Gasteiger partial charge on any atom is 0.243 e. The summed E-state index contributed by atoms with van der Waals surface area (Å²) in [5.41, 5.74) is 2.40. The van der Waals surface area contributed by atoms with E-state index in [9.17, 15) is 18.0 Å². The summed E-state index contributed by atoms with van der Waals surface area (Å²) in [6, 6.07) is 16.7. The van der Waals surface area contributed by atoms with Crippen LogP contribution in [-0.2, 0) is 32.6 Å². The molecule has 184 valence electrons. The van der Waals surface area contributed by atoms with E-state index in [1.165, 1.54) is 16.4 Å².